The molecule has 1 aliphatic heterocycles. The molecular weight excluding hydrogens is 308 g/mol. The second-order valence-electron chi connectivity index (χ2n) is 7.11. The highest BCUT2D eigenvalue weighted by Gasteiger charge is 2.26. The third kappa shape index (κ3) is 3.39. The predicted molar refractivity (Wildman–Crippen MR) is 102 cm³/mol. The number of nitrogens with zero attached hydrogens (tertiary/aromatic N) is 1. The summed E-state index contributed by atoms with van der Waals surface area (Å²) in [5.74, 6) is -0.231. The SMILES string of the molecule is CC(C)(C)c1ccc(C=CC(C#N)=C2C(=O)Nc3ccccc32)cc1. The van der Waals surface area contributed by atoms with Gasteiger partial charge in [0.25, 0.3) is 5.91 Å². The van der Waals surface area contributed by atoms with E-state index in [-0.39, 0.29) is 11.3 Å². The van der Waals surface area contributed by atoms with Crippen molar-refractivity contribution >= 4 is 23.2 Å². The number of carbonyl (C=O) groups is 1. The predicted octanol–water partition coefficient (Wildman–Crippen LogP) is 4.93. The molecule has 124 valence electrons. The van der Waals surface area contributed by atoms with Crippen molar-refractivity contribution in [1.29, 1.82) is 5.26 Å². The molecule has 0 bridgehead atoms. The highest BCUT2D eigenvalue weighted by Crippen LogP contribution is 2.34. The standard InChI is InChI=1S/C22H20N2O/c1-22(2,3)17-12-9-15(10-13-17)8-11-16(14-23)20-18-6-4-5-7-19(18)24-21(20)25/h4-13H,1-3H3,(H,24,25). The maximum atomic E-state index is 12.2. The van der Waals surface area contributed by atoms with Gasteiger partial charge in [-0.2, -0.15) is 5.26 Å². The van der Waals surface area contributed by atoms with E-state index in [0.29, 0.717) is 11.1 Å². The molecule has 2 aromatic rings. The van der Waals surface area contributed by atoms with Gasteiger partial charge in [-0.25, -0.2) is 0 Å². The minimum Gasteiger partial charge on any atom is -0.321 e. The number of allylic oxidation sites excluding steroid dienone is 2. The van der Waals surface area contributed by atoms with E-state index in [2.05, 4.69) is 44.3 Å². The van der Waals surface area contributed by atoms with Crippen molar-refractivity contribution in [3.05, 3.63) is 76.9 Å². The smallest absolute Gasteiger partial charge is 0.257 e. The molecule has 0 unspecified atom stereocenters. The maximum Gasteiger partial charge on any atom is 0.257 e. The summed E-state index contributed by atoms with van der Waals surface area (Å²) in [6.07, 6.45) is 3.58. The van der Waals surface area contributed by atoms with Gasteiger partial charge in [-0.1, -0.05) is 69.3 Å². The second kappa shape index (κ2) is 6.41. The molecule has 1 amide bonds. The van der Waals surface area contributed by atoms with Gasteiger partial charge < -0.3 is 5.32 Å². The average molecular weight is 328 g/mol. The van der Waals surface area contributed by atoms with Crippen molar-refractivity contribution in [2.45, 2.75) is 26.2 Å². The van der Waals surface area contributed by atoms with E-state index in [1.54, 1.807) is 6.08 Å². The normalized spacial score (nSPS) is 15.7. The van der Waals surface area contributed by atoms with Gasteiger partial charge in [-0.15, -0.1) is 0 Å². The summed E-state index contributed by atoms with van der Waals surface area (Å²) in [6, 6.07) is 17.8. The number of nitrogens with one attached hydrogen (secondary N) is 1. The van der Waals surface area contributed by atoms with Crippen LogP contribution in [0, 0.1) is 11.3 Å². The number of rotatable bonds is 2. The molecule has 3 nitrogen and oxygen atoms in total. The molecule has 0 fully saturated rings. The third-order valence-corrected chi connectivity index (χ3v) is 4.28. The fourth-order valence-corrected chi connectivity index (χ4v) is 2.83. The maximum absolute atomic E-state index is 12.2. The first-order valence-electron chi connectivity index (χ1n) is 8.24. The number of para-hydroxylation sites is 1. The Morgan fingerprint density at radius 1 is 1.08 bits per heavy atom. The monoisotopic (exact) mass is 328 g/mol. The zero-order valence-electron chi connectivity index (χ0n) is 14.6. The number of anilines is 1. The Morgan fingerprint density at radius 3 is 2.40 bits per heavy atom. The van der Waals surface area contributed by atoms with Gasteiger partial charge in [0.1, 0.15) is 0 Å². The van der Waals surface area contributed by atoms with Crippen molar-refractivity contribution in [2.24, 2.45) is 0 Å². The van der Waals surface area contributed by atoms with Crippen LogP contribution in [0.3, 0.4) is 0 Å². The molecule has 3 heteroatoms. The van der Waals surface area contributed by atoms with E-state index in [9.17, 15) is 10.1 Å². The molecule has 0 aliphatic carbocycles. The van der Waals surface area contributed by atoms with E-state index >= 15 is 0 Å². The van der Waals surface area contributed by atoms with E-state index in [1.165, 1.54) is 5.56 Å². The first-order valence-corrected chi connectivity index (χ1v) is 8.24. The number of amides is 1. The fraction of sp³-hybridized carbons (Fsp3) is 0.182. The number of carbonyl (C=O) groups excluding carboxylic acids is 1. The van der Waals surface area contributed by atoms with E-state index < -0.39 is 0 Å². The molecule has 0 saturated carbocycles. The molecule has 3 rings (SSSR count). The van der Waals surface area contributed by atoms with E-state index in [4.69, 9.17) is 0 Å². The van der Waals surface area contributed by atoms with Gasteiger partial charge in [-0.05, 0) is 28.7 Å². The topological polar surface area (TPSA) is 52.9 Å². The quantitative estimate of drug-likeness (QED) is 0.628. The molecule has 2 aromatic carbocycles. The lowest BCUT2D eigenvalue weighted by Gasteiger charge is -2.18. The van der Waals surface area contributed by atoms with Crippen LogP contribution in [-0.4, -0.2) is 5.91 Å². The summed E-state index contributed by atoms with van der Waals surface area (Å²) in [5, 5.41) is 12.3. The van der Waals surface area contributed by atoms with Crippen LogP contribution in [0.5, 0.6) is 0 Å². The average Bonchev–Trinajstić information content (AvgIpc) is 2.91. The zero-order chi connectivity index (χ0) is 18.0. The molecular formula is C22H20N2O. The Balaban J connectivity index is 1.94. The fourth-order valence-electron chi connectivity index (χ4n) is 2.83. The summed E-state index contributed by atoms with van der Waals surface area (Å²) in [6.45, 7) is 6.52. The molecule has 0 saturated heterocycles. The third-order valence-electron chi connectivity index (χ3n) is 4.28. The van der Waals surface area contributed by atoms with Gasteiger partial charge in [0.15, 0.2) is 0 Å². The van der Waals surface area contributed by atoms with Crippen LogP contribution in [-0.2, 0) is 10.2 Å². The zero-order valence-corrected chi connectivity index (χ0v) is 14.6. The largest absolute Gasteiger partial charge is 0.321 e. The Labute approximate surface area is 148 Å². The first-order chi connectivity index (χ1) is 11.9. The van der Waals surface area contributed by atoms with Crippen molar-refractivity contribution < 1.29 is 4.79 Å². The van der Waals surface area contributed by atoms with Crippen molar-refractivity contribution in [1.82, 2.24) is 0 Å². The second-order valence-corrected chi connectivity index (χ2v) is 7.11. The Morgan fingerprint density at radius 2 is 1.76 bits per heavy atom. The molecule has 1 N–H and O–H groups in total. The van der Waals surface area contributed by atoms with Gasteiger partial charge in [-0.3, -0.25) is 4.79 Å². The Hall–Kier alpha value is -3.12. The van der Waals surface area contributed by atoms with Crippen LogP contribution in [0.15, 0.2) is 60.2 Å². The van der Waals surface area contributed by atoms with E-state index in [0.717, 1.165) is 16.8 Å². The molecule has 1 heterocycles. The lowest BCUT2D eigenvalue weighted by Crippen LogP contribution is -2.10. The van der Waals surface area contributed by atoms with Crippen LogP contribution in [0.25, 0.3) is 11.6 Å². The summed E-state index contributed by atoms with van der Waals surface area (Å²) >= 11 is 0. The van der Waals surface area contributed by atoms with Crippen LogP contribution in [0.2, 0.25) is 0 Å². The minimum atomic E-state index is -0.231. The molecule has 0 atom stereocenters. The lowest BCUT2D eigenvalue weighted by molar-refractivity contribution is -0.110. The highest BCUT2D eigenvalue weighted by molar-refractivity contribution is 6.33. The van der Waals surface area contributed by atoms with Crippen LogP contribution < -0.4 is 5.32 Å². The number of fused-ring (bicyclic) bond motifs is 1. The summed E-state index contributed by atoms with van der Waals surface area (Å²) in [5.41, 5.74) is 4.67. The molecule has 0 radical (unpaired) electrons. The van der Waals surface area contributed by atoms with Crippen LogP contribution in [0.1, 0.15) is 37.5 Å². The number of hydrogen-bond donors (Lipinski definition) is 1. The number of nitriles is 1. The molecule has 25 heavy (non-hydrogen) atoms. The van der Waals surface area contributed by atoms with Gasteiger partial charge in [0.2, 0.25) is 0 Å². The summed E-state index contributed by atoms with van der Waals surface area (Å²) < 4.78 is 0. The van der Waals surface area contributed by atoms with E-state index in [1.807, 2.05) is 42.5 Å². The Bertz CT molecular complexity index is 920. The number of benzene rings is 2. The van der Waals surface area contributed by atoms with Crippen LogP contribution in [0.4, 0.5) is 5.69 Å². The molecule has 0 aromatic heterocycles. The van der Waals surface area contributed by atoms with Crippen LogP contribution >= 0.6 is 0 Å². The van der Waals surface area contributed by atoms with Gasteiger partial charge >= 0.3 is 0 Å². The summed E-state index contributed by atoms with van der Waals surface area (Å²) in [4.78, 5) is 12.2. The number of hydrogen-bond acceptors (Lipinski definition) is 2. The van der Waals surface area contributed by atoms with Gasteiger partial charge in [0, 0.05) is 11.3 Å². The minimum absolute atomic E-state index is 0.105. The van der Waals surface area contributed by atoms with Crippen molar-refractivity contribution in [3.63, 3.8) is 0 Å². The molecule has 1 aliphatic rings. The Kier molecular flexibility index (Phi) is 4.29. The highest BCUT2D eigenvalue weighted by atomic mass is 16.2. The van der Waals surface area contributed by atoms with Crippen molar-refractivity contribution in [3.8, 4) is 6.07 Å². The first kappa shape index (κ1) is 16.7. The van der Waals surface area contributed by atoms with Crippen molar-refractivity contribution in [2.75, 3.05) is 5.32 Å². The van der Waals surface area contributed by atoms with Gasteiger partial charge in [0.05, 0.1) is 17.2 Å². The summed E-state index contributed by atoms with van der Waals surface area (Å²) in [7, 11) is 0. The molecule has 0 spiro atoms. The lowest BCUT2D eigenvalue weighted by atomic mass is 9.86.